The van der Waals surface area contributed by atoms with Crippen LogP contribution in [0.1, 0.15) is 147 Å². The van der Waals surface area contributed by atoms with Crippen molar-refractivity contribution in [1.82, 2.24) is 31.4 Å². The van der Waals surface area contributed by atoms with Gasteiger partial charge in [-0.25, -0.2) is 15.2 Å². The van der Waals surface area contributed by atoms with E-state index in [1.54, 1.807) is 29.4 Å². The molecule has 2 rings (SSSR count). The second kappa shape index (κ2) is 28.1. The monoisotopic (exact) mass is 873 g/mol. The van der Waals surface area contributed by atoms with Crippen LogP contribution in [0, 0.1) is 23.7 Å². The number of amides is 4. The molecule has 4 amide bonds. The molecule has 0 aliphatic carbocycles. The number of carbonyl (C=O) groups excluding carboxylic acids is 6. The molecule has 1 saturated heterocycles. The first kappa shape index (κ1) is 52.6. The zero-order chi connectivity index (χ0) is 45.5. The van der Waals surface area contributed by atoms with Crippen LogP contribution in [-0.2, 0) is 28.7 Å². The summed E-state index contributed by atoms with van der Waals surface area (Å²) >= 11 is 1.32. The van der Waals surface area contributed by atoms with Gasteiger partial charge in [0.15, 0.2) is 12.5 Å². The lowest BCUT2D eigenvalue weighted by molar-refractivity contribution is -0.160. The van der Waals surface area contributed by atoms with E-state index in [0.29, 0.717) is 36.3 Å². The van der Waals surface area contributed by atoms with Crippen LogP contribution < -0.4 is 21.5 Å². The van der Waals surface area contributed by atoms with Gasteiger partial charge in [-0.2, -0.15) is 0 Å². The summed E-state index contributed by atoms with van der Waals surface area (Å²) in [5.74, 6) is -3.11. The summed E-state index contributed by atoms with van der Waals surface area (Å²) in [6.45, 7) is 20.0. The van der Waals surface area contributed by atoms with Crippen LogP contribution in [0.5, 0.6) is 0 Å². The molecular formula is C45H72N6O9S. The highest BCUT2D eigenvalue weighted by molar-refractivity contribution is 7.09. The van der Waals surface area contributed by atoms with Gasteiger partial charge in [0.1, 0.15) is 5.69 Å². The molecule has 1 fully saturated rings. The number of hydrazine groups is 1. The van der Waals surface area contributed by atoms with E-state index in [-0.39, 0.29) is 86.2 Å². The first-order valence-corrected chi connectivity index (χ1v) is 22.8. The molecule has 342 valence electrons. The second-order valence-electron chi connectivity index (χ2n) is 16.4. The number of rotatable bonds is 26. The number of hydrogen-bond acceptors (Lipinski definition) is 12. The van der Waals surface area contributed by atoms with Crippen molar-refractivity contribution in [2.45, 2.75) is 150 Å². The molecule has 7 atom stereocenters. The number of hydrogen-bond donors (Lipinski definition) is 5. The number of ether oxygens (including phenoxy) is 2. The molecule has 5 N–H and O–H groups in total. The molecule has 0 radical (unpaired) electrons. The lowest BCUT2D eigenvalue weighted by Gasteiger charge is -2.38. The minimum atomic E-state index is -0.780. The van der Waals surface area contributed by atoms with Gasteiger partial charge in [-0.1, -0.05) is 87.0 Å². The molecule has 0 aromatic carbocycles. The first-order chi connectivity index (χ1) is 29.1. The molecule has 1 aromatic heterocycles. The number of aromatic nitrogens is 1. The number of nitrogens with zero attached hydrogens (tertiary/aromatic N) is 2. The number of aliphatic hydroxyl groups excluding tert-OH is 1. The Morgan fingerprint density at radius 1 is 1.02 bits per heavy atom. The van der Waals surface area contributed by atoms with Gasteiger partial charge in [-0.15, -0.1) is 11.3 Å². The zero-order valence-electron chi connectivity index (χ0n) is 37.6. The summed E-state index contributed by atoms with van der Waals surface area (Å²) in [6.07, 6.45) is 10.7. The normalized spacial score (nSPS) is 17.3. The maximum Gasteiger partial charge on any atom is 0.426 e. The summed E-state index contributed by atoms with van der Waals surface area (Å²) in [6, 6.07) is -1.23. The predicted molar refractivity (Wildman–Crippen MR) is 237 cm³/mol. The molecule has 15 nitrogen and oxygen atoms in total. The fraction of sp³-hybridized carbons (Fsp3) is 0.667. The van der Waals surface area contributed by atoms with E-state index in [1.165, 1.54) is 17.4 Å². The molecule has 1 unspecified atom stereocenters. The van der Waals surface area contributed by atoms with Gasteiger partial charge in [0.25, 0.3) is 5.91 Å². The average Bonchev–Trinajstić information content (AvgIpc) is 3.76. The smallest absolute Gasteiger partial charge is 0.426 e. The van der Waals surface area contributed by atoms with Gasteiger partial charge in [0.05, 0.1) is 23.9 Å². The van der Waals surface area contributed by atoms with Gasteiger partial charge < -0.3 is 30.1 Å². The Morgan fingerprint density at radius 2 is 1.75 bits per heavy atom. The minimum absolute atomic E-state index is 0.0319. The van der Waals surface area contributed by atoms with E-state index in [0.717, 1.165) is 32.1 Å². The van der Waals surface area contributed by atoms with E-state index in [4.69, 9.17) is 14.5 Å². The van der Waals surface area contributed by atoms with Gasteiger partial charge in [0.2, 0.25) is 11.8 Å². The number of ketones is 1. The van der Waals surface area contributed by atoms with Crippen LogP contribution in [0.3, 0.4) is 0 Å². The third kappa shape index (κ3) is 18.1. The lowest BCUT2D eigenvalue weighted by atomic mass is 9.83. The third-order valence-electron chi connectivity index (χ3n) is 11.1. The van der Waals surface area contributed by atoms with Crippen molar-refractivity contribution in [1.29, 1.82) is 0 Å². The summed E-state index contributed by atoms with van der Waals surface area (Å²) in [7, 11) is 0. The highest BCUT2D eigenvalue weighted by atomic mass is 32.1. The summed E-state index contributed by atoms with van der Waals surface area (Å²) in [5.41, 5.74) is 5.47. The van der Waals surface area contributed by atoms with Crippen molar-refractivity contribution in [3.8, 4) is 0 Å². The maximum absolute atomic E-state index is 14.7. The molecular weight excluding hydrogens is 801 g/mol. The fourth-order valence-corrected chi connectivity index (χ4v) is 8.09. The number of Topliss-reactive ketones (excluding diaryl/α,β-unsaturated/α-hetero) is 1. The Bertz CT molecular complexity index is 1640. The topological polar surface area (TPSA) is 205 Å². The van der Waals surface area contributed by atoms with Crippen molar-refractivity contribution in [2.24, 2.45) is 23.7 Å². The Morgan fingerprint density at radius 3 is 2.36 bits per heavy atom. The van der Waals surface area contributed by atoms with Crippen LogP contribution in [0.25, 0.3) is 0 Å². The largest absolute Gasteiger partial charge is 0.516 e. The minimum Gasteiger partial charge on any atom is -0.516 e. The number of aliphatic hydroxyl groups is 1. The van der Waals surface area contributed by atoms with Gasteiger partial charge in [-0.05, 0) is 75.0 Å². The number of nitrogens with one attached hydrogen (secondary N) is 4. The maximum atomic E-state index is 14.7. The quantitative estimate of drug-likeness (QED) is 0.0204. The van der Waals surface area contributed by atoms with Crippen LogP contribution in [0.2, 0.25) is 0 Å². The molecule has 0 saturated carbocycles. The Labute approximate surface area is 366 Å². The van der Waals surface area contributed by atoms with Gasteiger partial charge in [-0.3, -0.25) is 29.4 Å². The van der Waals surface area contributed by atoms with Crippen molar-refractivity contribution in [3.63, 3.8) is 0 Å². The van der Waals surface area contributed by atoms with Crippen LogP contribution in [0.4, 0.5) is 4.79 Å². The molecule has 1 aromatic rings. The molecule has 16 heteroatoms. The SMILES string of the molecule is C=C/C(=C\C=C\O)C[C@@H](C[C@H](C)C(=O)NNC(=O)OCCC)NC(=O)c1csc([C@H](C)C[C@H](C(C)C)N(COC(=O)CCC)C(=O)[C@@H](CC(=O)[C@H]2CCCCN2)C(C)CC)n1. The van der Waals surface area contributed by atoms with Crippen LogP contribution in [-0.4, -0.2) is 88.6 Å². The van der Waals surface area contributed by atoms with E-state index < -0.39 is 41.8 Å². The predicted octanol–water partition coefficient (Wildman–Crippen LogP) is 7.42. The molecule has 1 aliphatic heterocycles. The molecule has 0 bridgehead atoms. The number of thiazole rings is 1. The van der Waals surface area contributed by atoms with Crippen molar-refractivity contribution in [2.75, 3.05) is 19.9 Å². The van der Waals surface area contributed by atoms with Crippen molar-refractivity contribution in [3.05, 3.63) is 52.7 Å². The number of carbonyl (C=O) groups is 6. The molecule has 2 heterocycles. The molecule has 1 aliphatic rings. The Balaban J connectivity index is 2.35. The second-order valence-corrected chi connectivity index (χ2v) is 17.3. The van der Waals surface area contributed by atoms with E-state index in [2.05, 4.69) is 28.1 Å². The Hall–Kier alpha value is -4.57. The molecule has 0 spiro atoms. The van der Waals surface area contributed by atoms with E-state index in [1.807, 2.05) is 48.5 Å². The number of allylic oxidation sites excluding steroid dienone is 3. The highest BCUT2D eigenvalue weighted by Gasteiger charge is 2.38. The third-order valence-corrected chi connectivity index (χ3v) is 12.2. The average molecular weight is 873 g/mol. The standard InChI is InChI=1S/C45H72N6O9S/c1-10-17-40(54)60-28-51(44(57)35(30(7)12-3)26-39(53)36-19-14-15-20-46-36)38(29(5)6)24-32(9)43-48-37(27-61-43)42(56)47-34(25-33(13-4)18-16-21-52)23-31(8)41(55)49-50-45(58)59-22-11-2/h13,16,18,21,27,29-32,34-36,38,46,52H,4,10-12,14-15,17,19-20,22-26,28H2,1-3,5-9H3,(H,47,56)(H,49,55)(H,50,58)/b21-16+,33-18+/t30?,31-,32+,34+,35-,36+,38+/m0/s1. The lowest BCUT2D eigenvalue weighted by Crippen LogP contribution is -2.50. The van der Waals surface area contributed by atoms with Gasteiger partial charge in [0, 0.05) is 48.1 Å². The van der Waals surface area contributed by atoms with Gasteiger partial charge >= 0.3 is 12.1 Å². The summed E-state index contributed by atoms with van der Waals surface area (Å²) in [5, 5.41) is 17.9. The number of esters is 1. The molecule has 61 heavy (non-hydrogen) atoms. The van der Waals surface area contributed by atoms with Crippen molar-refractivity contribution < 1.29 is 43.3 Å². The van der Waals surface area contributed by atoms with Crippen LogP contribution >= 0.6 is 11.3 Å². The van der Waals surface area contributed by atoms with E-state index >= 15 is 0 Å². The highest BCUT2D eigenvalue weighted by Crippen LogP contribution is 2.32. The first-order valence-electron chi connectivity index (χ1n) is 21.9. The summed E-state index contributed by atoms with van der Waals surface area (Å²) in [4.78, 5) is 85.8. The Kier molecular flexibility index (Phi) is 24.2. The van der Waals surface area contributed by atoms with E-state index in [9.17, 15) is 33.9 Å². The van der Waals surface area contributed by atoms with Crippen LogP contribution in [0.15, 0.2) is 42.0 Å². The fourth-order valence-electron chi connectivity index (χ4n) is 7.22. The zero-order valence-corrected chi connectivity index (χ0v) is 38.4. The van der Waals surface area contributed by atoms with Crippen molar-refractivity contribution >= 4 is 46.9 Å². The number of piperidine rings is 1. The summed E-state index contributed by atoms with van der Waals surface area (Å²) < 4.78 is 10.6.